The molecule has 0 aliphatic carbocycles. The first-order chi connectivity index (χ1) is 9.61. The van der Waals surface area contributed by atoms with Gasteiger partial charge in [0.1, 0.15) is 0 Å². The van der Waals surface area contributed by atoms with E-state index >= 15 is 0 Å². The molecular formula is C13H19N3O4. The minimum atomic E-state index is -0.569. The molecule has 1 rings (SSSR count). The molecule has 0 aliphatic rings. The van der Waals surface area contributed by atoms with E-state index in [0.29, 0.717) is 6.54 Å². The van der Waals surface area contributed by atoms with Crippen molar-refractivity contribution in [2.24, 2.45) is 0 Å². The predicted molar refractivity (Wildman–Crippen MR) is 75.1 cm³/mol. The van der Waals surface area contributed by atoms with Gasteiger partial charge in [0.15, 0.2) is 0 Å². The SMILES string of the molecule is CCNCCCNC(=O)c1cccc([N+](=O)[O-])c1OC. The topological polar surface area (TPSA) is 93.5 Å². The fourth-order valence-electron chi connectivity index (χ4n) is 1.75. The monoisotopic (exact) mass is 281 g/mol. The number of rotatable bonds is 8. The van der Waals surface area contributed by atoms with E-state index in [1.807, 2.05) is 6.92 Å². The third-order valence-electron chi connectivity index (χ3n) is 2.71. The Morgan fingerprint density at radius 1 is 1.40 bits per heavy atom. The standard InChI is InChI=1S/C13H19N3O4/c1-3-14-8-5-9-15-13(17)10-6-4-7-11(16(18)19)12(10)20-2/h4,6-7,14H,3,5,8-9H2,1-2H3,(H,15,17). The van der Waals surface area contributed by atoms with Crippen molar-refractivity contribution in [1.29, 1.82) is 0 Å². The fourth-order valence-corrected chi connectivity index (χ4v) is 1.75. The Bertz CT molecular complexity index is 477. The van der Waals surface area contributed by atoms with E-state index in [0.717, 1.165) is 19.5 Å². The maximum Gasteiger partial charge on any atom is 0.311 e. The molecule has 7 nitrogen and oxygen atoms in total. The summed E-state index contributed by atoms with van der Waals surface area (Å²) in [6, 6.07) is 4.28. The van der Waals surface area contributed by atoms with Gasteiger partial charge in [-0.05, 0) is 25.6 Å². The molecule has 1 aromatic rings. The number of carbonyl (C=O) groups is 1. The average Bonchev–Trinajstić information content (AvgIpc) is 2.45. The Labute approximate surface area is 117 Å². The van der Waals surface area contributed by atoms with E-state index in [1.165, 1.54) is 25.3 Å². The Kier molecular flexibility index (Phi) is 6.45. The highest BCUT2D eigenvalue weighted by Gasteiger charge is 2.22. The minimum Gasteiger partial charge on any atom is -0.490 e. The lowest BCUT2D eigenvalue weighted by molar-refractivity contribution is -0.385. The zero-order valence-electron chi connectivity index (χ0n) is 11.6. The largest absolute Gasteiger partial charge is 0.490 e. The Hall–Kier alpha value is -2.15. The van der Waals surface area contributed by atoms with E-state index in [-0.39, 0.29) is 22.9 Å². The first-order valence-corrected chi connectivity index (χ1v) is 6.42. The number of nitro benzene ring substituents is 1. The van der Waals surface area contributed by atoms with E-state index in [1.54, 1.807) is 0 Å². The molecule has 1 aromatic carbocycles. The van der Waals surface area contributed by atoms with Crippen LogP contribution in [0, 0.1) is 10.1 Å². The van der Waals surface area contributed by atoms with Gasteiger partial charge in [-0.1, -0.05) is 13.0 Å². The van der Waals surface area contributed by atoms with Crippen molar-refractivity contribution >= 4 is 11.6 Å². The molecule has 0 unspecified atom stereocenters. The molecule has 7 heteroatoms. The zero-order chi connectivity index (χ0) is 15.0. The third kappa shape index (κ3) is 4.20. The summed E-state index contributed by atoms with van der Waals surface area (Å²) in [5.74, 6) is -0.385. The summed E-state index contributed by atoms with van der Waals surface area (Å²) in [4.78, 5) is 22.3. The molecule has 110 valence electrons. The number of amides is 1. The van der Waals surface area contributed by atoms with Gasteiger partial charge in [0.05, 0.1) is 17.6 Å². The molecule has 0 atom stereocenters. The van der Waals surface area contributed by atoms with Crippen LogP contribution in [0.25, 0.3) is 0 Å². The smallest absolute Gasteiger partial charge is 0.311 e. The van der Waals surface area contributed by atoms with Gasteiger partial charge in [-0.2, -0.15) is 0 Å². The third-order valence-corrected chi connectivity index (χ3v) is 2.71. The number of ether oxygens (including phenoxy) is 1. The Morgan fingerprint density at radius 2 is 2.15 bits per heavy atom. The van der Waals surface area contributed by atoms with E-state index < -0.39 is 4.92 Å². The molecule has 0 fully saturated rings. The number of nitrogens with one attached hydrogen (secondary N) is 2. The van der Waals surface area contributed by atoms with Crippen molar-refractivity contribution in [3.05, 3.63) is 33.9 Å². The number of carbonyl (C=O) groups excluding carboxylic acids is 1. The molecule has 1 amide bonds. The first-order valence-electron chi connectivity index (χ1n) is 6.42. The predicted octanol–water partition coefficient (Wildman–Crippen LogP) is 1.33. The lowest BCUT2D eigenvalue weighted by Gasteiger charge is -2.09. The number of benzene rings is 1. The second-order valence-corrected chi connectivity index (χ2v) is 4.08. The van der Waals surface area contributed by atoms with Gasteiger partial charge in [-0.25, -0.2) is 0 Å². The van der Waals surface area contributed by atoms with E-state index in [9.17, 15) is 14.9 Å². The molecule has 20 heavy (non-hydrogen) atoms. The summed E-state index contributed by atoms with van der Waals surface area (Å²) >= 11 is 0. The maximum atomic E-state index is 12.0. The molecule has 0 bridgehead atoms. The van der Waals surface area contributed by atoms with Crippen LogP contribution in [-0.2, 0) is 0 Å². The highest BCUT2D eigenvalue weighted by molar-refractivity contribution is 5.98. The van der Waals surface area contributed by atoms with Crippen molar-refractivity contribution in [3.8, 4) is 5.75 Å². The highest BCUT2D eigenvalue weighted by Crippen LogP contribution is 2.30. The van der Waals surface area contributed by atoms with Crippen molar-refractivity contribution in [2.45, 2.75) is 13.3 Å². The normalized spacial score (nSPS) is 10.1. The number of hydrogen-bond acceptors (Lipinski definition) is 5. The van der Waals surface area contributed by atoms with Crippen LogP contribution < -0.4 is 15.4 Å². The summed E-state index contributed by atoms with van der Waals surface area (Å²) in [6.07, 6.45) is 0.789. The number of nitrogens with zero attached hydrogens (tertiary/aromatic N) is 1. The molecule has 2 N–H and O–H groups in total. The van der Waals surface area contributed by atoms with Crippen LogP contribution >= 0.6 is 0 Å². The van der Waals surface area contributed by atoms with Crippen LogP contribution in [0.5, 0.6) is 5.75 Å². The molecule has 0 radical (unpaired) electrons. The molecule has 0 spiro atoms. The molecule has 0 saturated carbocycles. The van der Waals surface area contributed by atoms with Crippen LogP contribution in [-0.4, -0.2) is 37.6 Å². The van der Waals surface area contributed by atoms with Crippen molar-refractivity contribution in [3.63, 3.8) is 0 Å². The Balaban J connectivity index is 2.72. The maximum absolute atomic E-state index is 12.0. The summed E-state index contributed by atoms with van der Waals surface area (Å²) in [7, 11) is 1.31. The van der Waals surface area contributed by atoms with Crippen LogP contribution in [0.1, 0.15) is 23.7 Å². The number of nitro groups is 1. The lowest BCUT2D eigenvalue weighted by Crippen LogP contribution is -2.27. The van der Waals surface area contributed by atoms with Gasteiger partial charge in [-0.3, -0.25) is 14.9 Å². The quantitative estimate of drug-likeness (QED) is 0.426. The average molecular weight is 281 g/mol. The molecule has 0 heterocycles. The second-order valence-electron chi connectivity index (χ2n) is 4.08. The van der Waals surface area contributed by atoms with Gasteiger partial charge in [0.2, 0.25) is 5.75 Å². The minimum absolute atomic E-state index is 0.0123. The van der Waals surface area contributed by atoms with Gasteiger partial charge >= 0.3 is 5.69 Å². The molecule has 0 saturated heterocycles. The Morgan fingerprint density at radius 3 is 2.75 bits per heavy atom. The zero-order valence-corrected chi connectivity index (χ0v) is 11.6. The van der Waals surface area contributed by atoms with Crippen molar-refractivity contribution in [2.75, 3.05) is 26.7 Å². The second kappa shape index (κ2) is 8.11. The summed E-state index contributed by atoms with van der Waals surface area (Å²) in [5, 5.41) is 16.7. The fraction of sp³-hybridized carbons (Fsp3) is 0.462. The molecule has 0 aliphatic heterocycles. The lowest BCUT2D eigenvalue weighted by atomic mass is 10.1. The van der Waals surface area contributed by atoms with Crippen LogP contribution in [0.4, 0.5) is 5.69 Å². The highest BCUT2D eigenvalue weighted by atomic mass is 16.6. The number of para-hydroxylation sites is 1. The van der Waals surface area contributed by atoms with Crippen LogP contribution in [0.15, 0.2) is 18.2 Å². The summed E-state index contributed by atoms with van der Waals surface area (Å²) < 4.78 is 4.99. The van der Waals surface area contributed by atoms with Crippen LogP contribution in [0.3, 0.4) is 0 Å². The van der Waals surface area contributed by atoms with Crippen molar-refractivity contribution in [1.82, 2.24) is 10.6 Å². The first kappa shape index (κ1) is 15.9. The summed E-state index contributed by atoms with van der Waals surface area (Å²) in [5.41, 5.74) is -0.0436. The van der Waals surface area contributed by atoms with Crippen molar-refractivity contribution < 1.29 is 14.5 Å². The van der Waals surface area contributed by atoms with Gasteiger partial charge in [-0.15, -0.1) is 0 Å². The van der Waals surface area contributed by atoms with Gasteiger partial charge in [0, 0.05) is 12.6 Å². The number of hydrogen-bond donors (Lipinski definition) is 2. The van der Waals surface area contributed by atoms with Gasteiger partial charge in [0.25, 0.3) is 5.91 Å². The van der Waals surface area contributed by atoms with Crippen LogP contribution in [0.2, 0.25) is 0 Å². The van der Waals surface area contributed by atoms with E-state index in [4.69, 9.17) is 4.74 Å². The summed E-state index contributed by atoms with van der Waals surface area (Å²) in [6.45, 7) is 4.19. The van der Waals surface area contributed by atoms with E-state index in [2.05, 4.69) is 10.6 Å². The van der Waals surface area contributed by atoms with Gasteiger partial charge < -0.3 is 15.4 Å². The number of methoxy groups -OCH3 is 1. The molecule has 0 aromatic heterocycles. The molecular weight excluding hydrogens is 262 g/mol.